The molecule has 248 valence electrons. The smallest absolute Gasteiger partial charge is 0.182 e. The number of benzene rings is 3. The van der Waals surface area contributed by atoms with Gasteiger partial charge in [0.05, 0.1) is 19.3 Å². The first-order chi connectivity index (χ1) is 22.1. The van der Waals surface area contributed by atoms with E-state index in [0.29, 0.717) is 28.4 Å². The van der Waals surface area contributed by atoms with E-state index < -0.39 is 13.6 Å². The summed E-state index contributed by atoms with van der Waals surface area (Å²) in [5.41, 5.74) is 18.8. The van der Waals surface area contributed by atoms with Crippen LogP contribution in [0.1, 0.15) is 118 Å². The van der Waals surface area contributed by atoms with Crippen LogP contribution in [0.2, 0.25) is 0 Å². The quantitative estimate of drug-likeness (QED) is 0.0477. The average Bonchev–Trinajstić information content (AvgIpc) is 3.38. The molecule has 4 atom stereocenters. The predicted molar refractivity (Wildman–Crippen MR) is 183 cm³/mol. The van der Waals surface area contributed by atoms with Crippen LogP contribution in [0, 0.1) is 0 Å². The molecular formula is C36H43N4O6P. The van der Waals surface area contributed by atoms with Gasteiger partial charge in [-0.15, -0.1) is 0 Å². The molecule has 4 unspecified atom stereocenters. The van der Waals surface area contributed by atoms with E-state index in [2.05, 4.69) is 71.5 Å². The third-order valence-electron chi connectivity index (χ3n) is 11.2. The normalized spacial score (nSPS) is 25.0. The van der Waals surface area contributed by atoms with E-state index in [1.807, 2.05) is 18.2 Å². The maximum Gasteiger partial charge on any atom is 0.182 e. The average molecular weight is 659 g/mol. The van der Waals surface area contributed by atoms with Gasteiger partial charge >= 0.3 is 0 Å². The van der Waals surface area contributed by atoms with Crippen LogP contribution in [0.25, 0.3) is 0 Å². The summed E-state index contributed by atoms with van der Waals surface area (Å²) in [6.45, 7) is 17.3. The molecule has 0 aromatic heterocycles. The molecule has 0 bridgehead atoms. The summed E-state index contributed by atoms with van der Waals surface area (Å²) in [4.78, 5) is 0. The Morgan fingerprint density at radius 2 is 1.28 bits per heavy atom. The number of hydrogen-bond donors (Lipinski definition) is 5. The van der Waals surface area contributed by atoms with Crippen molar-refractivity contribution in [3.63, 3.8) is 0 Å². The molecule has 3 aromatic rings. The number of phenols is 1. The van der Waals surface area contributed by atoms with Crippen LogP contribution in [0.5, 0.6) is 34.5 Å². The number of aromatic hydroxyl groups is 1. The molecule has 1 spiro atoms. The van der Waals surface area contributed by atoms with Gasteiger partial charge in [-0.1, -0.05) is 58.8 Å². The lowest BCUT2D eigenvalue weighted by molar-refractivity contribution is 0.316. The van der Waals surface area contributed by atoms with E-state index in [-0.39, 0.29) is 51.6 Å². The third kappa shape index (κ3) is 4.19. The Balaban J connectivity index is 1.43. The Morgan fingerprint density at radius 3 is 1.74 bits per heavy atom. The maximum atomic E-state index is 11.3. The van der Waals surface area contributed by atoms with Gasteiger partial charge in [0.1, 0.15) is 0 Å². The number of hydrogen-bond acceptors (Lipinski definition) is 8. The first kappa shape index (κ1) is 31.4. The minimum absolute atomic E-state index is 0.0465. The Bertz CT molecular complexity index is 1940. The van der Waals surface area contributed by atoms with Crippen LogP contribution >= 0.6 is 8.15 Å². The SMILES string of the molecule is CCP(C)Oc1cc2c(cc1O)C1(CC2(C)C)CC(C)(C)c2cc3c(cc21)Oc1c(c(/C(N)=N/O)c2c(c1/C(N)=N/O)C(C)C2C)O3. The molecular weight excluding hydrogens is 615 g/mol. The Kier molecular flexibility index (Phi) is 6.80. The first-order valence-electron chi connectivity index (χ1n) is 16.1. The second-order valence-corrected chi connectivity index (χ2v) is 17.0. The zero-order chi connectivity index (χ0) is 34.0. The lowest BCUT2D eigenvalue weighted by Gasteiger charge is -2.41. The summed E-state index contributed by atoms with van der Waals surface area (Å²) in [7, 11) is -0.687. The molecule has 3 aromatic carbocycles. The highest BCUT2D eigenvalue weighted by molar-refractivity contribution is 7.52. The van der Waals surface area contributed by atoms with Crippen molar-refractivity contribution in [2.45, 2.75) is 89.4 Å². The predicted octanol–water partition coefficient (Wildman–Crippen LogP) is 7.77. The maximum absolute atomic E-state index is 11.3. The molecule has 11 heteroatoms. The first-order valence-corrected chi connectivity index (χ1v) is 18.0. The van der Waals surface area contributed by atoms with E-state index >= 15 is 0 Å². The van der Waals surface area contributed by atoms with Gasteiger partial charge in [0.15, 0.2) is 46.2 Å². The number of ether oxygens (including phenoxy) is 2. The van der Waals surface area contributed by atoms with E-state index in [1.54, 1.807) is 0 Å². The molecule has 0 saturated heterocycles. The van der Waals surface area contributed by atoms with Crippen LogP contribution in [0.4, 0.5) is 0 Å². The van der Waals surface area contributed by atoms with Crippen molar-refractivity contribution in [1.29, 1.82) is 0 Å². The highest BCUT2D eigenvalue weighted by Crippen LogP contribution is 2.66. The highest BCUT2D eigenvalue weighted by atomic mass is 31.1. The Labute approximate surface area is 276 Å². The van der Waals surface area contributed by atoms with Gasteiger partial charge < -0.3 is 41.0 Å². The van der Waals surface area contributed by atoms with Gasteiger partial charge in [-0.3, -0.25) is 0 Å². The summed E-state index contributed by atoms with van der Waals surface area (Å²) >= 11 is 0. The largest absolute Gasteiger partial charge is 0.504 e. The highest BCUT2D eigenvalue weighted by Gasteiger charge is 2.57. The van der Waals surface area contributed by atoms with Crippen molar-refractivity contribution >= 4 is 19.8 Å². The van der Waals surface area contributed by atoms with Crippen molar-refractivity contribution < 1.29 is 29.5 Å². The minimum Gasteiger partial charge on any atom is -0.504 e. The number of amidine groups is 2. The molecule has 0 amide bonds. The van der Waals surface area contributed by atoms with Crippen molar-refractivity contribution in [3.8, 4) is 34.5 Å². The fraction of sp³-hybridized carbons (Fsp3) is 0.444. The summed E-state index contributed by atoms with van der Waals surface area (Å²) < 4.78 is 19.5. The van der Waals surface area contributed by atoms with Gasteiger partial charge in [0.25, 0.3) is 0 Å². The van der Waals surface area contributed by atoms with Gasteiger partial charge in [0, 0.05) is 5.41 Å². The number of fused-ring (bicyclic) bond motifs is 7. The van der Waals surface area contributed by atoms with E-state index in [0.717, 1.165) is 46.8 Å². The topological polar surface area (TPSA) is 165 Å². The van der Waals surface area contributed by atoms with Crippen molar-refractivity contribution in [2.24, 2.45) is 21.8 Å². The van der Waals surface area contributed by atoms with E-state index in [4.69, 9.17) is 25.5 Å². The van der Waals surface area contributed by atoms with Crippen LogP contribution in [-0.4, -0.2) is 40.0 Å². The molecule has 0 radical (unpaired) electrons. The molecule has 10 nitrogen and oxygen atoms in total. The van der Waals surface area contributed by atoms with Crippen molar-refractivity contribution in [1.82, 2.24) is 0 Å². The van der Waals surface area contributed by atoms with Crippen LogP contribution < -0.4 is 25.5 Å². The van der Waals surface area contributed by atoms with Gasteiger partial charge in [0.2, 0.25) is 0 Å². The lowest BCUT2D eigenvalue weighted by atomic mass is 9.65. The minimum atomic E-state index is -0.687. The second kappa shape index (κ2) is 10.2. The molecule has 0 saturated carbocycles. The number of rotatable bonds is 5. The Morgan fingerprint density at radius 1 is 0.830 bits per heavy atom. The van der Waals surface area contributed by atoms with Gasteiger partial charge in [-0.2, -0.15) is 0 Å². The van der Waals surface area contributed by atoms with Gasteiger partial charge in [-0.25, -0.2) is 0 Å². The zero-order valence-corrected chi connectivity index (χ0v) is 29.0. The van der Waals surface area contributed by atoms with Crippen molar-refractivity contribution in [2.75, 3.05) is 12.8 Å². The molecule has 47 heavy (non-hydrogen) atoms. The summed E-state index contributed by atoms with van der Waals surface area (Å²) in [6, 6.07) is 8.06. The standard InChI is InChI=1S/C36H43N4O6P/c1-9-47(8)46-23-11-18-20(10-22(23)41)36(14-34(18,4)5)15-35(6,7)19-12-24-25(13-21(19)36)45-31-29(33(38)40-43)27-17(3)16(2)26(27)28(30(31)44-24)32(37)39-42/h10-13,16-17,41-43H,9,14-15H2,1-8H3,(H2,37,39)(H2,38,40). The number of nitrogens with zero attached hydrogens (tertiary/aromatic N) is 2. The third-order valence-corrected chi connectivity index (χ3v) is 12.6. The van der Waals surface area contributed by atoms with Crippen LogP contribution in [0.3, 0.4) is 0 Å². The van der Waals surface area contributed by atoms with Crippen molar-refractivity contribution in [3.05, 3.63) is 68.8 Å². The summed E-state index contributed by atoms with van der Waals surface area (Å²) in [5.74, 6) is 2.11. The molecule has 7 N–H and O–H groups in total. The van der Waals surface area contributed by atoms with Crippen LogP contribution in [-0.2, 0) is 16.2 Å². The lowest BCUT2D eigenvalue weighted by Crippen LogP contribution is -2.32. The molecule has 3 aliphatic carbocycles. The summed E-state index contributed by atoms with van der Waals surface area (Å²) in [6.07, 6.45) is 2.56. The number of oxime groups is 2. The fourth-order valence-electron chi connectivity index (χ4n) is 8.91. The van der Waals surface area contributed by atoms with Crippen LogP contribution in [0.15, 0.2) is 34.6 Å². The molecule has 0 fully saturated rings. The number of phenolic OH excluding ortho intramolecular Hbond substituents is 1. The summed E-state index contributed by atoms with van der Waals surface area (Å²) in [5, 5.41) is 37.5. The molecule has 1 aliphatic heterocycles. The monoisotopic (exact) mass is 658 g/mol. The second-order valence-electron chi connectivity index (χ2n) is 14.9. The molecule has 1 heterocycles. The van der Waals surface area contributed by atoms with Gasteiger partial charge in [-0.05, 0) is 106 Å². The number of nitrogens with two attached hydrogens (primary N) is 2. The molecule has 7 rings (SSSR count). The van der Waals surface area contributed by atoms with E-state index in [1.165, 1.54) is 5.56 Å². The zero-order valence-electron chi connectivity index (χ0n) is 28.1. The fourth-order valence-corrected chi connectivity index (χ4v) is 9.52. The van der Waals surface area contributed by atoms with E-state index in [9.17, 15) is 15.5 Å². The Hall–Kier alpha value is -4.17. The molecule has 4 aliphatic rings.